The highest BCUT2D eigenvalue weighted by molar-refractivity contribution is 5.77. The standard InChI is InChI=1S/C9H10FNO5/c10-4-1-7(13)8(14)2-5(4)11-6(3-12)9(15)16/h1-2,6,11-14H,3H2,(H,15,16)/t6-/m0/s1. The predicted octanol–water partition coefficient (Wildman–Crippen LogP) is 0.0943. The molecule has 6 nitrogen and oxygen atoms in total. The molecule has 1 atom stereocenters. The molecule has 0 heterocycles. The van der Waals surface area contributed by atoms with E-state index < -0.39 is 35.9 Å². The van der Waals surface area contributed by atoms with E-state index in [1.165, 1.54) is 0 Å². The van der Waals surface area contributed by atoms with E-state index in [-0.39, 0.29) is 5.69 Å². The molecule has 88 valence electrons. The highest BCUT2D eigenvalue weighted by Gasteiger charge is 2.18. The third-order valence-electron chi connectivity index (χ3n) is 1.87. The Morgan fingerprint density at radius 3 is 2.44 bits per heavy atom. The van der Waals surface area contributed by atoms with Crippen LogP contribution in [0.5, 0.6) is 11.5 Å². The second-order valence-electron chi connectivity index (χ2n) is 3.04. The first-order valence-electron chi connectivity index (χ1n) is 4.27. The first-order valence-corrected chi connectivity index (χ1v) is 4.27. The highest BCUT2D eigenvalue weighted by Crippen LogP contribution is 2.30. The summed E-state index contributed by atoms with van der Waals surface area (Å²) in [5, 5.41) is 37.5. The summed E-state index contributed by atoms with van der Waals surface area (Å²) in [5.41, 5.74) is -0.322. The summed E-state index contributed by atoms with van der Waals surface area (Å²) in [6.45, 7) is -0.740. The van der Waals surface area contributed by atoms with Gasteiger partial charge in [0.15, 0.2) is 11.5 Å². The van der Waals surface area contributed by atoms with Gasteiger partial charge in [0, 0.05) is 12.1 Å². The number of anilines is 1. The summed E-state index contributed by atoms with van der Waals surface area (Å²) in [4.78, 5) is 10.5. The zero-order valence-electron chi connectivity index (χ0n) is 8.01. The van der Waals surface area contributed by atoms with E-state index in [0.717, 1.165) is 6.07 Å². The van der Waals surface area contributed by atoms with E-state index in [9.17, 15) is 9.18 Å². The normalized spacial score (nSPS) is 12.1. The minimum absolute atomic E-state index is 0.322. The average Bonchev–Trinajstić information content (AvgIpc) is 2.21. The number of aliphatic carboxylic acids is 1. The molecule has 7 heteroatoms. The van der Waals surface area contributed by atoms with Gasteiger partial charge in [0.2, 0.25) is 0 Å². The number of phenols is 2. The molecule has 1 rings (SSSR count). The number of hydrogen-bond acceptors (Lipinski definition) is 5. The molecule has 5 N–H and O–H groups in total. The fraction of sp³-hybridized carbons (Fsp3) is 0.222. The van der Waals surface area contributed by atoms with Crippen LogP contribution in [0.1, 0.15) is 0 Å². The fourth-order valence-corrected chi connectivity index (χ4v) is 1.04. The zero-order chi connectivity index (χ0) is 12.3. The van der Waals surface area contributed by atoms with E-state index in [1.54, 1.807) is 0 Å². The van der Waals surface area contributed by atoms with E-state index in [1.807, 2.05) is 0 Å². The Labute approximate surface area is 89.6 Å². The van der Waals surface area contributed by atoms with E-state index in [4.69, 9.17) is 20.4 Å². The molecule has 0 radical (unpaired) electrons. The van der Waals surface area contributed by atoms with Crippen molar-refractivity contribution < 1.29 is 29.6 Å². The first-order chi connectivity index (χ1) is 7.45. The number of carboxylic acid groups (broad SMARTS) is 1. The number of aliphatic hydroxyl groups is 1. The number of hydrogen-bond donors (Lipinski definition) is 5. The number of benzene rings is 1. The number of carbonyl (C=O) groups is 1. The van der Waals surface area contributed by atoms with Crippen LogP contribution in [0.15, 0.2) is 12.1 Å². The van der Waals surface area contributed by atoms with Crippen LogP contribution >= 0.6 is 0 Å². The molecule has 0 saturated carbocycles. The van der Waals surface area contributed by atoms with E-state index in [0.29, 0.717) is 6.07 Å². The fourth-order valence-electron chi connectivity index (χ4n) is 1.04. The third kappa shape index (κ3) is 2.51. The number of halogens is 1. The second-order valence-corrected chi connectivity index (χ2v) is 3.04. The van der Waals surface area contributed by atoms with Gasteiger partial charge in [0.1, 0.15) is 11.9 Å². The van der Waals surface area contributed by atoms with Crippen LogP contribution in [0.4, 0.5) is 10.1 Å². The smallest absolute Gasteiger partial charge is 0.328 e. The minimum Gasteiger partial charge on any atom is -0.504 e. The van der Waals surface area contributed by atoms with Gasteiger partial charge < -0.3 is 25.7 Å². The summed E-state index contributed by atoms with van der Waals surface area (Å²) in [6, 6.07) is 0.0722. The topological polar surface area (TPSA) is 110 Å². The molecule has 0 fully saturated rings. The largest absolute Gasteiger partial charge is 0.504 e. The molecule has 0 aromatic heterocycles. The lowest BCUT2D eigenvalue weighted by molar-refractivity contribution is -0.138. The molecule has 16 heavy (non-hydrogen) atoms. The van der Waals surface area contributed by atoms with Crippen LogP contribution in [0.2, 0.25) is 0 Å². The Kier molecular flexibility index (Phi) is 3.51. The average molecular weight is 231 g/mol. The lowest BCUT2D eigenvalue weighted by atomic mass is 10.2. The molecule has 0 aliphatic carbocycles. The van der Waals surface area contributed by atoms with Crippen molar-refractivity contribution >= 4 is 11.7 Å². The van der Waals surface area contributed by atoms with Crippen molar-refractivity contribution in [3.63, 3.8) is 0 Å². The Balaban J connectivity index is 2.96. The van der Waals surface area contributed by atoms with Crippen molar-refractivity contribution in [2.45, 2.75) is 6.04 Å². The van der Waals surface area contributed by atoms with Crippen molar-refractivity contribution in [3.05, 3.63) is 17.9 Å². The van der Waals surface area contributed by atoms with Crippen molar-refractivity contribution in [3.8, 4) is 11.5 Å². The van der Waals surface area contributed by atoms with Crippen molar-refractivity contribution in [2.75, 3.05) is 11.9 Å². The van der Waals surface area contributed by atoms with Crippen LogP contribution in [-0.4, -0.2) is 39.0 Å². The summed E-state index contributed by atoms with van der Waals surface area (Å²) in [6.07, 6.45) is 0. The van der Waals surface area contributed by atoms with Gasteiger partial charge >= 0.3 is 5.97 Å². The van der Waals surface area contributed by atoms with Gasteiger partial charge in [-0.25, -0.2) is 9.18 Å². The molecular formula is C9H10FNO5. The van der Waals surface area contributed by atoms with Gasteiger partial charge in [-0.15, -0.1) is 0 Å². The predicted molar refractivity (Wildman–Crippen MR) is 51.9 cm³/mol. The molecule has 0 bridgehead atoms. The van der Waals surface area contributed by atoms with Gasteiger partial charge in [-0.1, -0.05) is 0 Å². The van der Waals surface area contributed by atoms with Crippen LogP contribution in [0, 0.1) is 5.82 Å². The van der Waals surface area contributed by atoms with E-state index in [2.05, 4.69) is 5.32 Å². The van der Waals surface area contributed by atoms with Crippen molar-refractivity contribution in [2.24, 2.45) is 0 Å². The van der Waals surface area contributed by atoms with E-state index >= 15 is 0 Å². The lowest BCUT2D eigenvalue weighted by Gasteiger charge is -2.14. The quantitative estimate of drug-likeness (QED) is 0.371. The number of rotatable bonds is 4. The molecular weight excluding hydrogens is 221 g/mol. The van der Waals surface area contributed by atoms with Gasteiger partial charge in [-0.3, -0.25) is 0 Å². The van der Waals surface area contributed by atoms with Crippen LogP contribution in [0.3, 0.4) is 0 Å². The van der Waals surface area contributed by atoms with Gasteiger partial charge in [0.05, 0.1) is 12.3 Å². The molecule has 1 aromatic rings. The van der Waals surface area contributed by atoms with Crippen molar-refractivity contribution in [1.82, 2.24) is 0 Å². The van der Waals surface area contributed by atoms with Gasteiger partial charge in [-0.05, 0) is 0 Å². The maximum Gasteiger partial charge on any atom is 0.328 e. The van der Waals surface area contributed by atoms with Gasteiger partial charge in [-0.2, -0.15) is 0 Å². The Bertz CT molecular complexity index is 409. The molecule has 0 aliphatic heterocycles. The molecule has 0 saturated heterocycles. The molecule has 0 amide bonds. The zero-order valence-corrected chi connectivity index (χ0v) is 8.01. The highest BCUT2D eigenvalue weighted by atomic mass is 19.1. The van der Waals surface area contributed by atoms with Crippen LogP contribution in [0.25, 0.3) is 0 Å². The van der Waals surface area contributed by atoms with Gasteiger partial charge in [0.25, 0.3) is 0 Å². The lowest BCUT2D eigenvalue weighted by Crippen LogP contribution is -2.33. The number of carboxylic acids is 1. The number of phenolic OH excluding ortho intramolecular Hbond substituents is 2. The summed E-state index contributed by atoms with van der Waals surface area (Å²) in [7, 11) is 0. The third-order valence-corrected chi connectivity index (χ3v) is 1.87. The molecule has 1 aromatic carbocycles. The Hall–Kier alpha value is -2.02. The Morgan fingerprint density at radius 2 is 1.94 bits per heavy atom. The summed E-state index contributed by atoms with van der Waals surface area (Å²) >= 11 is 0. The number of aliphatic hydroxyl groups excluding tert-OH is 1. The Morgan fingerprint density at radius 1 is 1.38 bits per heavy atom. The molecule has 0 spiro atoms. The monoisotopic (exact) mass is 231 g/mol. The minimum atomic E-state index is -1.39. The second kappa shape index (κ2) is 4.67. The SMILES string of the molecule is O=C(O)[C@H](CO)Nc1cc(O)c(O)cc1F. The first kappa shape index (κ1) is 12.1. The number of aromatic hydroxyl groups is 2. The maximum atomic E-state index is 13.2. The molecule has 0 unspecified atom stereocenters. The number of nitrogens with one attached hydrogen (secondary N) is 1. The summed E-state index contributed by atoms with van der Waals surface area (Å²) < 4.78 is 13.2. The van der Waals surface area contributed by atoms with Crippen LogP contribution in [-0.2, 0) is 4.79 Å². The summed E-state index contributed by atoms with van der Waals surface area (Å²) in [5.74, 6) is -3.55. The molecule has 0 aliphatic rings. The van der Waals surface area contributed by atoms with Crippen LogP contribution < -0.4 is 5.32 Å². The van der Waals surface area contributed by atoms with Crippen molar-refractivity contribution in [1.29, 1.82) is 0 Å². The maximum absolute atomic E-state index is 13.2.